The van der Waals surface area contributed by atoms with Gasteiger partial charge in [-0.1, -0.05) is 6.07 Å². The van der Waals surface area contributed by atoms with Crippen LogP contribution in [0.4, 0.5) is 0 Å². The largest absolute Gasteiger partial charge is 0.343 e. The summed E-state index contributed by atoms with van der Waals surface area (Å²) >= 11 is 1.39. The molecular weight excluding hydrogens is 460 g/mol. The number of rotatable bonds is 5. The highest BCUT2D eigenvalue weighted by atomic mass is 32.1. The van der Waals surface area contributed by atoms with Crippen molar-refractivity contribution in [2.24, 2.45) is 0 Å². The fourth-order valence-electron chi connectivity index (χ4n) is 4.93. The summed E-state index contributed by atoms with van der Waals surface area (Å²) in [6.45, 7) is 5.27. The predicted molar refractivity (Wildman–Crippen MR) is 135 cm³/mol. The highest BCUT2D eigenvalue weighted by Crippen LogP contribution is 2.24. The number of carbonyl (C=O) groups excluding carboxylic acids is 2. The van der Waals surface area contributed by atoms with Gasteiger partial charge in [-0.05, 0) is 41.3 Å². The number of hydrogen-bond acceptors (Lipinski definition) is 6. The Bertz CT molecular complexity index is 1340. The van der Waals surface area contributed by atoms with E-state index in [2.05, 4.69) is 31.7 Å². The summed E-state index contributed by atoms with van der Waals surface area (Å²) in [5.41, 5.74) is 2.96. The molecule has 0 atom stereocenters. The van der Waals surface area contributed by atoms with Crippen LogP contribution in [0.1, 0.15) is 25.7 Å². The minimum Gasteiger partial charge on any atom is -0.343 e. The molecule has 8 nitrogen and oxygen atoms in total. The van der Waals surface area contributed by atoms with Crippen molar-refractivity contribution in [3.05, 3.63) is 82.7 Å². The quantitative estimate of drug-likeness (QED) is 0.434. The van der Waals surface area contributed by atoms with Crippen LogP contribution in [0.3, 0.4) is 0 Å². The van der Waals surface area contributed by atoms with Crippen LogP contribution in [0.5, 0.6) is 0 Å². The molecule has 2 aliphatic rings. The maximum Gasteiger partial charge on any atom is 0.282 e. The zero-order chi connectivity index (χ0) is 23.8. The lowest BCUT2D eigenvalue weighted by Crippen LogP contribution is -2.64. The number of benzene rings is 1. The second kappa shape index (κ2) is 9.24. The number of aromatic nitrogens is 3. The van der Waals surface area contributed by atoms with Gasteiger partial charge >= 0.3 is 0 Å². The van der Waals surface area contributed by atoms with Crippen LogP contribution in [-0.4, -0.2) is 86.4 Å². The number of carbonyl (C=O) groups is 2. The van der Waals surface area contributed by atoms with Crippen LogP contribution >= 0.6 is 11.3 Å². The summed E-state index contributed by atoms with van der Waals surface area (Å²) in [5, 5.41) is 3.52. The standard InChI is InChI=1S/C26H26N6O2S/c33-25(21-2-1-20-5-9-31(23(20)15-21)16-19-3-6-27-7-4-19)32-17-22(18-32)29-10-12-30(13-11-29)26(34)24-28-8-14-35-24/h1-9,14-15,22H,10-13,16-18H2. The number of fused-ring (bicyclic) bond motifs is 1. The monoisotopic (exact) mass is 486 g/mol. The van der Waals surface area contributed by atoms with Gasteiger partial charge in [0.05, 0.1) is 0 Å². The lowest BCUT2D eigenvalue weighted by atomic mass is 10.0. The van der Waals surface area contributed by atoms with E-state index in [1.54, 1.807) is 18.6 Å². The lowest BCUT2D eigenvalue weighted by Gasteiger charge is -2.48. The number of amides is 2. The van der Waals surface area contributed by atoms with Crippen LogP contribution in [0.2, 0.25) is 0 Å². The normalized spacial score (nSPS) is 17.0. The Morgan fingerprint density at radius 3 is 2.46 bits per heavy atom. The molecule has 9 heteroatoms. The SMILES string of the molecule is O=C(c1ccc2ccn(Cc3ccncc3)c2c1)N1CC(N2CCN(C(=O)c3nccs3)CC2)C1. The molecule has 2 aliphatic heterocycles. The van der Waals surface area contributed by atoms with Gasteiger partial charge in [0.15, 0.2) is 5.01 Å². The number of thiazole rings is 1. The Morgan fingerprint density at radius 1 is 0.914 bits per heavy atom. The van der Waals surface area contributed by atoms with Crippen molar-refractivity contribution in [1.29, 1.82) is 0 Å². The average molecular weight is 487 g/mol. The topological polar surface area (TPSA) is 74.6 Å². The van der Waals surface area contributed by atoms with Crippen molar-refractivity contribution in [2.75, 3.05) is 39.3 Å². The molecule has 178 valence electrons. The fraction of sp³-hybridized carbons (Fsp3) is 0.308. The molecule has 0 saturated carbocycles. The lowest BCUT2D eigenvalue weighted by molar-refractivity contribution is 0.00854. The Labute approximate surface area is 207 Å². The zero-order valence-corrected chi connectivity index (χ0v) is 20.1. The van der Waals surface area contributed by atoms with Crippen molar-refractivity contribution in [2.45, 2.75) is 12.6 Å². The Hall–Kier alpha value is -3.56. The molecular formula is C26H26N6O2S. The first-order valence-electron chi connectivity index (χ1n) is 11.9. The van der Waals surface area contributed by atoms with E-state index in [1.807, 2.05) is 45.5 Å². The van der Waals surface area contributed by atoms with Crippen LogP contribution < -0.4 is 0 Å². The van der Waals surface area contributed by atoms with Gasteiger partial charge in [-0.3, -0.25) is 19.5 Å². The van der Waals surface area contributed by atoms with E-state index in [0.29, 0.717) is 24.1 Å². The molecule has 4 aromatic rings. The molecule has 0 bridgehead atoms. The van der Waals surface area contributed by atoms with E-state index in [4.69, 9.17) is 0 Å². The van der Waals surface area contributed by atoms with Gasteiger partial charge < -0.3 is 14.4 Å². The molecule has 1 aromatic carbocycles. The molecule has 2 fully saturated rings. The smallest absolute Gasteiger partial charge is 0.282 e. The van der Waals surface area contributed by atoms with E-state index in [9.17, 15) is 9.59 Å². The van der Waals surface area contributed by atoms with Gasteiger partial charge in [-0.25, -0.2) is 4.98 Å². The van der Waals surface area contributed by atoms with E-state index in [-0.39, 0.29) is 11.8 Å². The minimum atomic E-state index is 0.0223. The molecule has 0 aliphatic carbocycles. The van der Waals surface area contributed by atoms with Crippen molar-refractivity contribution in [3.63, 3.8) is 0 Å². The zero-order valence-electron chi connectivity index (χ0n) is 19.3. The van der Waals surface area contributed by atoms with Crippen molar-refractivity contribution in [1.82, 2.24) is 29.2 Å². The number of pyridine rings is 1. The third-order valence-corrected chi connectivity index (χ3v) is 7.77. The summed E-state index contributed by atoms with van der Waals surface area (Å²) < 4.78 is 2.17. The third-order valence-electron chi connectivity index (χ3n) is 7.01. The van der Waals surface area contributed by atoms with Crippen LogP contribution in [0.15, 0.2) is 66.6 Å². The molecule has 2 saturated heterocycles. The Morgan fingerprint density at radius 2 is 1.71 bits per heavy atom. The summed E-state index contributed by atoms with van der Waals surface area (Å²) in [4.78, 5) is 40.1. The first-order valence-corrected chi connectivity index (χ1v) is 12.7. The van der Waals surface area contributed by atoms with Gasteiger partial charge in [0.2, 0.25) is 0 Å². The molecule has 0 spiro atoms. The highest BCUT2D eigenvalue weighted by molar-refractivity contribution is 7.11. The summed E-state index contributed by atoms with van der Waals surface area (Å²) in [7, 11) is 0. The number of likely N-dealkylation sites (tertiary alicyclic amines) is 1. The van der Waals surface area contributed by atoms with Crippen molar-refractivity contribution in [3.8, 4) is 0 Å². The van der Waals surface area contributed by atoms with Gasteiger partial charge in [0.1, 0.15) is 0 Å². The molecule has 35 heavy (non-hydrogen) atoms. The van der Waals surface area contributed by atoms with Crippen LogP contribution in [0, 0.1) is 0 Å². The molecule has 6 rings (SSSR count). The average Bonchev–Trinajstić information content (AvgIpc) is 3.54. The molecule has 3 aromatic heterocycles. The van der Waals surface area contributed by atoms with Crippen LogP contribution in [-0.2, 0) is 6.54 Å². The van der Waals surface area contributed by atoms with E-state index in [0.717, 1.165) is 49.2 Å². The van der Waals surface area contributed by atoms with Gasteiger partial charge in [-0.2, -0.15) is 0 Å². The van der Waals surface area contributed by atoms with Crippen molar-refractivity contribution < 1.29 is 9.59 Å². The number of nitrogens with zero attached hydrogens (tertiary/aromatic N) is 6. The first-order chi connectivity index (χ1) is 17.2. The van der Waals surface area contributed by atoms with Crippen LogP contribution in [0.25, 0.3) is 10.9 Å². The number of hydrogen-bond donors (Lipinski definition) is 0. The minimum absolute atomic E-state index is 0.0223. The maximum absolute atomic E-state index is 13.2. The fourth-order valence-corrected chi connectivity index (χ4v) is 5.53. The summed E-state index contributed by atoms with van der Waals surface area (Å²) in [5.74, 6) is 0.103. The Balaban J connectivity index is 1.06. The van der Waals surface area contributed by atoms with E-state index >= 15 is 0 Å². The molecule has 0 N–H and O–H groups in total. The van der Waals surface area contributed by atoms with E-state index in [1.165, 1.54) is 16.9 Å². The van der Waals surface area contributed by atoms with E-state index < -0.39 is 0 Å². The predicted octanol–water partition coefficient (Wildman–Crippen LogP) is 2.82. The second-order valence-corrected chi connectivity index (χ2v) is 10.00. The molecule has 5 heterocycles. The summed E-state index contributed by atoms with van der Waals surface area (Å²) in [6, 6.07) is 12.4. The molecule has 0 unspecified atom stereocenters. The highest BCUT2D eigenvalue weighted by Gasteiger charge is 2.37. The second-order valence-electron chi connectivity index (χ2n) is 9.10. The summed E-state index contributed by atoms with van der Waals surface area (Å²) in [6.07, 6.45) is 7.34. The van der Waals surface area contributed by atoms with Gasteiger partial charge in [0.25, 0.3) is 11.8 Å². The first kappa shape index (κ1) is 21.9. The maximum atomic E-state index is 13.2. The van der Waals surface area contributed by atoms with Gasteiger partial charge in [-0.15, -0.1) is 11.3 Å². The third kappa shape index (κ3) is 4.33. The molecule has 0 radical (unpaired) electrons. The Kier molecular flexibility index (Phi) is 5.79. The van der Waals surface area contributed by atoms with Gasteiger partial charge in [0, 0.05) is 93.1 Å². The number of piperazine rings is 1. The van der Waals surface area contributed by atoms with Crippen molar-refractivity contribution >= 4 is 34.1 Å². The molecule has 2 amide bonds.